The molecule has 1 amide bonds. The van der Waals surface area contributed by atoms with Gasteiger partial charge in [0.15, 0.2) is 0 Å². The van der Waals surface area contributed by atoms with Gasteiger partial charge in [0.25, 0.3) is 0 Å². The van der Waals surface area contributed by atoms with Gasteiger partial charge in [-0.3, -0.25) is 4.79 Å². The molecule has 2 aliphatic rings. The van der Waals surface area contributed by atoms with Gasteiger partial charge in [0.2, 0.25) is 5.91 Å². The standard InChI is InChI=1S/C14H16Cl2N2O2/c1-7-9(6-18(14(7)20)8-4-17-5-8)12-11(19)3-2-10(15)13(12)16/h2-3,7-9,17,19H,4-6H2,1H3. The molecule has 1 aromatic rings. The van der Waals surface area contributed by atoms with E-state index < -0.39 is 0 Å². The number of carbonyl (C=O) groups excluding carboxylic acids is 1. The minimum atomic E-state index is -0.197. The van der Waals surface area contributed by atoms with Crippen LogP contribution in [0, 0.1) is 5.92 Å². The average molecular weight is 315 g/mol. The Kier molecular flexibility index (Phi) is 3.56. The van der Waals surface area contributed by atoms with E-state index >= 15 is 0 Å². The maximum atomic E-state index is 12.4. The number of benzene rings is 1. The van der Waals surface area contributed by atoms with Crippen LogP contribution in [0.3, 0.4) is 0 Å². The summed E-state index contributed by atoms with van der Waals surface area (Å²) in [6, 6.07) is 3.36. The number of aromatic hydroxyl groups is 1. The predicted octanol–water partition coefficient (Wildman–Crippen LogP) is 2.23. The van der Waals surface area contributed by atoms with Crippen LogP contribution in [-0.4, -0.2) is 41.6 Å². The van der Waals surface area contributed by atoms with Crippen molar-refractivity contribution in [2.75, 3.05) is 19.6 Å². The molecule has 0 saturated carbocycles. The molecule has 2 N–H and O–H groups in total. The number of phenols is 1. The Morgan fingerprint density at radius 1 is 1.35 bits per heavy atom. The molecule has 1 aromatic carbocycles. The summed E-state index contributed by atoms with van der Waals surface area (Å²) in [6.45, 7) is 4.14. The van der Waals surface area contributed by atoms with E-state index in [1.807, 2.05) is 11.8 Å². The first-order valence-corrected chi connectivity index (χ1v) is 7.44. The lowest BCUT2D eigenvalue weighted by atomic mass is 9.89. The summed E-state index contributed by atoms with van der Waals surface area (Å²) < 4.78 is 0. The number of amides is 1. The smallest absolute Gasteiger partial charge is 0.226 e. The number of nitrogens with one attached hydrogen (secondary N) is 1. The van der Waals surface area contributed by atoms with Gasteiger partial charge in [-0.2, -0.15) is 0 Å². The average Bonchev–Trinajstić information content (AvgIpc) is 2.62. The number of likely N-dealkylation sites (tertiary alicyclic amines) is 1. The second kappa shape index (κ2) is 5.10. The highest BCUT2D eigenvalue weighted by atomic mass is 35.5. The predicted molar refractivity (Wildman–Crippen MR) is 78.4 cm³/mol. The van der Waals surface area contributed by atoms with E-state index in [4.69, 9.17) is 23.2 Å². The Balaban J connectivity index is 1.95. The van der Waals surface area contributed by atoms with Crippen LogP contribution >= 0.6 is 23.2 Å². The molecule has 2 unspecified atom stereocenters. The van der Waals surface area contributed by atoms with E-state index in [0.29, 0.717) is 22.2 Å². The van der Waals surface area contributed by atoms with Crippen LogP contribution in [-0.2, 0) is 4.79 Å². The molecule has 2 heterocycles. The van der Waals surface area contributed by atoms with Crippen LogP contribution in [0.4, 0.5) is 0 Å². The SMILES string of the molecule is CC1C(=O)N(C2CNC2)CC1c1c(O)ccc(Cl)c1Cl. The fraction of sp³-hybridized carbons (Fsp3) is 0.500. The molecule has 2 aliphatic heterocycles. The van der Waals surface area contributed by atoms with Gasteiger partial charge in [-0.15, -0.1) is 0 Å². The van der Waals surface area contributed by atoms with Crippen LogP contribution in [0.5, 0.6) is 5.75 Å². The lowest BCUT2D eigenvalue weighted by Gasteiger charge is -2.35. The topological polar surface area (TPSA) is 52.6 Å². The number of hydrogen-bond acceptors (Lipinski definition) is 3. The summed E-state index contributed by atoms with van der Waals surface area (Å²) in [7, 11) is 0. The van der Waals surface area contributed by atoms with Gasteiger partial charge < -0.3 is 15.3 Å². The monoisotopic (exact) mass is 314 g/mol. The number of hydrogen-bond donors (Lipinski definition) is 2. The molecule has 2 fully saturated rings. The fourth-order valence-electron chi connectivity index (χ4n) is 2.97. The van der Waals surface area contributed by atoms with Gasteiger partial charge >= 0.3 is 0 Å². The third-order valence-electron chi connectivity index (χ3n) is 4.35. The molecule has 2 saturated heterocycles. The normalized spacial score (nSPS) is 26.9. The van der Waals surface area contributed by atoms with Crippen molar-refractivity contribution in [2.24, 2.45) is 5.92 Å². The molecular formula is C14H16Cl2N2O2. The molecule has 0 bridgehead atoms. The second-order valence-corrected chi connectivity index (χ2v) is 6.28. The Morgan fingerprint density at radius 3 is 2.65 bits per heavy atom. The maximum absolute atomic E-state index is 12.4. The van der Waals surface area contributed by atoms with Crippen LogP contribution in [0.25, 0.3) is 0 Å². The maximum Gasteiger partial charge on any atom is 0.226 e. The molecule has 6 heteroatoms. The summed E-state index contributed by atoms with van der Waals surface area (Å²) in [5, 5.41) is 14.0. The van der Waals surface area contributed by atoms with E-state index in [1.165, 1.54) is 6.07 Å². The van der Waals surface area contributed by atoms with Gasteiger partial charge in [0.05, 0.1) is 16.1 Å². The molecule has 2 atom stereocenters. The highest BCUT2D eigenvalue weighted by Gasteiger charge is 2.44. The number of carbonyl (C=O) groups is 1. The lowest BCUT2D eigenvalue weighted by molar-refractivity contribution is -0.133. The zero-order chi connectivity index (χ0) is 14.4. The summed E-state index contributed by atoms with van der Waals surface area (Å²) in [6.07, 6.45) is 0. The molecule has 0 aromatic heterocycles. The molecule has 4 nitrogen and oxygen atoms in total. The molecule has 20 heavy (non-hydrogen) atoms. The number of halogens is 2. The van der Waals surface area contributed by atoms with Crippen molar-refractivity contribution in [2.45, 2.75) is 18.9 Å². The molecule has 108 valence electrons. The Labute approximate surface area is 127 Å². The van der Waals surface area contributed by atoms with E-state index in [2.05, 4.69) is 5.32 Å². The fourth-order valence-corrected chi connectivity index (χ4v) is 3.43. The van der Waals surface area contributed by atoms with Crippen molar-refractivity contribution in [3.05, 3.63) is 27.7 Å². The largest absolute Gasteiger partial charge is 0.508 e. The Bertz CT molecular complexity index is 560. The quantitative estimate of drug-likeness (QED) is 0.880. The molecule has 0 spiro atoms. The highest BCUT2D eigenvalue weighted by molar-refractivity contribution is 6.42. The van der Waals surface area contributed by atoms with Crippen molar-refractivity contribution in [3.8, 4) is 5.75 Å². The van der Waals surface area contributed by atoms with Crippen molar-refractivity contribution >= 4 is 29.1 Å². The van der Waals surface area contributed by atoms with Gasteiger partial charge in [-0.05, 0) is 12.1 Å². The van der Waals surface area contributed by atoms with Gasteiger partial charge in [0.1, 0.15) is 5.75 Å². The number of phenolic OH excluding ortho intramolecular Hbond substituents is 1. The summed E-state index contributed by atoms with van der Waals surface area (Å²) >= 11 is 12.3. The van der Waals surface area contributed by atoms with Gasteiger partial charge in [0, 0.05) is 37.0 Å². The highest BCUT2D eigenvalue weighted by Crippen LogP contribution is 2.44. The van der Waals surface area contributed by atoms with Crippen molar-refractivity contribution < 1.29 is 9.90 Å². The Morgan fingerprint density at radius 2 is 2.05 bits per heavy atom. The van der Waals surface area contributed by atoms with E-state index in [9.17, 15) is 9.90 Å². The van der Waals surface area contributed by atoms with Crippen LogP contribution in [0.1, 0.15) is 18.4 Å². The molecule has 0 aliphatic carbocycles. The van der Waals surface area contributed by atoms with E-state index in [0.717, 1.165) is 13.1 Å². The summed E-state index contributed by atoms with van der Waals surface area (Å²) in [4.78, 5) is 14.3. The van der Waals surface area contributed by atoms with Gasteiger partial charge in [-0.25, -0.2) is 0 Å². The summed E-state index contributed by atoms with van der Waals surface area (Å²) in [5.41, 5.74) is 0.592. The minimum absolute atomic E-state index is 0.109. The third-order valence-corrected chi connectivity index (χ3v) is 5.17. The van der Waals surface area contributed by atoms with Crippen molar-refractivity contribution in [1.82, 2.24) is 10.2 Å². The first kappa shape index (κ1) is 14.0. The number of rotatable bonds is 2. The zero-order valence-electron chi connectivity index (χ0n) is 11.1. The van der Waals surface area contributed by atoms with Gasteiger partial charge in [-0.1, -0.05) is 30.1 Å². The second-order valence-electron chi connectivity index (χ2n) is 5.49. The molecule has 0 radical (unpaired) electrons. The van der Waals surface area contributed by atoms with Crippen LogP contribution in [0.15, 0.2) is 12.1 Å². The number of nitrogens with zero attached hydrogens (tertiary/aromatic N) is 1. The van der Waals surface area contributed by atoms with E-state index in [-0.39, 0.29) is 29.5 Å². The van der Waals surface area contributed by atoms with Crippen LogP contribution < -0.4 is 5.32 Å². The van der Waals surface area contributed by atoms with Crippen LogP contribution in [0.2, 0.25) is 10.0 Å². The van der Waals surface area contributed by atoms with E-state index in [1.54, 1.807) is 6.07 Å². The molecular weight excluding hydrogens is 299 g/mol. The lowest BCUT2D eigenvalue weighted by Crippen LogP contribution is -2.57. The third kappa shape index (κ3) is 2.07. The Hall–Kier alpha value is -0.970. The first-order valence-electron chi connectivity index (χ1n) is 6.68. The van der Waals surface area contributed by atoms with Crippen molar-refractivity contribution in [3.63, 3.8) is 0 Å². The minimum Gasteiger partial charge on any atom is -0.508 e. The zero-order valence-corrected chi connectivity index (χ0v) is 12.6. The summed E-state index contributed by atoms with van der Waals surface area (Å²) in [5.74, 6) is -0.0821. The first-order chi connectivity index (χ1) is 9.50. The van der Waals surface area contributed by atoms with Crippen molar-refractivity contribution in [1.29, 1.82) is 0 Å². The molecule has 3 rings (SSSR count).